The summed E-state index contributed by atoms with van der Waals surface area (Å²) in [6.45, 7) is -0.343. The highest BCUT2D eigenvalue weighted by molar-refractivity contribution is 6.30. The number of hydrogen-bond acceptors (Lipinski definition) is 5. The van der Waals surface area contributed by atoms with E-state index in [1.807, 2.05) is 0 Å². The first kappa shape index (κ1) is 26.1. The van der Waals surface area contributed by atoms with Crippen LogP contribution in [0, 0.1) is 11.6 Å². The average molecular weight is 542 g/mol. The number of aromatic nitrogens is 1. The maximum atomic E-state index is 13.6. The Labute approximate surface area is 223 Å². The lowest BCUT2D eigenvalue weighted by atomic mass is 9.60. The van der Waals surface area contributed by atoms with Crippen LogP contribution in [0.2, 0.25) is 5.02 Å². The van der Waals surface area contributed by atoms with Crippen LogP contribution in [-0.4, -0.2) is 45.7 Å². The number of aliphatic hydroxyl groups excluding tert-OH is 1. The van der Waals surface area contributed by atoms with Gasteiger partial charge in [0.2, 0.25) is 0 Å². The molecule has 3 aliphatic carbocycles. The number of benzene rings is 2. The van der Waals surface area contributed by atoms with Crippen LogP contribution in [0.15, 0.2) is 60.7 Å². The van der Waals surface area contributed by atoms with Crippen LogP contribution in [0.5, 0.6) is 5.75 Å². The second kappa shape index (κ2) is 10.3. The van der Waals surface area contributed by atoms with Gasteiger partial charge in [0.05, 0.1) is 22.4 Å². The first-order valence-corrected chi connectivity index (χ1v) is 12.7. The monoisotopic (exact) mass is 541 g/mol. The fourth-order valence-electron chi connectivity index (χ4n) is 5.37. The Morgan fingerprint density at radius 2 is 1.79 bits per heavy atom. The summed E-state index contributed by atoms with van der Waals surface area (Å²) < 4.78 is 32.6. The lowest BCUT2D eigenvalue weighted by Gasteiger charge is -2.56. The molecule has 38 heavy (non-hydrogen) atoms. The number of ether oxygens (including phenoxy) is 1. The zero-order valence-electron chi connectivity index (χ0n) is 20.3. The van der Waals surface area contributed by atoms with Crippen LogP contribution in [0.4, 0.5) is 8.78 Å². The summed E-state index contributed by atoms with van der Waals surface area (Å²) in [5, 5.41) is 16.9. The van der Waals surface area contributed by atoms with Crippen molar-refractivity contribution in [3.8, 4) is 17.0 Å². The van der Waals surface area contributed by atoms with Gasteiger partial charge < -0.3 is 20.5 Å². The van der Waals surface area contributed by atoms with Crippen molar-refractivity contribution in [1.29, 1.82) is 0 Å². The third-order valence-corrected chi connectivity index (χ3v) is 7.76. The van der Waals surface area contributed by atoms with E-state index in [-0.39, 0.29) is 35.4 Å². The SMILES string of the molecule is O=C(COc1ccc(Cl)c(F)c1)NC12CCC(NC(=O)c3cccc(-c4cccc(F)c4)n3)(CC1)CC2O. The van der Waals surface area contributed by atoms with Gasteiger partial charge >= 0.3 is 0 Å². The zero-order valence-corrected chi connectivity index (χ0v) is 21.1. The molecule has 3 aromatic rings. The molecule has 3 aliphatic rings. The number of nitrogens with one attached hydrogen (secondary N) is 2. The van der Waals surface area contributed by atoms with Gasteiger partial charge in [-0.3, -0.25) is 9.59 Å². The summed E-state index contributed by atoms with van der Waals surface area (Å²) in [6, 6.07) is 14.9. The minimum atomic E-state index is -0.881. The molecule has 1 heterocycles. The van der Waals surface area contributed by atoms with Crippen LogP contribution in [0.1, 0.15) is 42.6 Å². The fraction of sp³-hybridized carbons (Fsp3) is 0.321. The largest absolute Gasteiger partial charge is 0.484 e. The van der Waals surface area contributed by atoms with Crippen molar-refractivity contribution in [1.82, 2.24) is 15.6 Å². The molecule has 2 bridgehead atoms. The minimum Gasteiger partial charge on any atom is -0.484 e. The van der Waals surface area contributed by atoms with Crippen LogP contribution >= 0.6 is 11.6 Å². The highest BCUT2D eigenvalue weighted by Crippen LogP contribution is 2.47. The predicted molar refractivity (Wildman–Crippen MR) is 137 cm³/mol. The van der Waals surface area contributed by atoms with Gasteiger partial charge in [0, 0.05) is 17.2 Å². The number of pyridine rings is 1. The summed E-state index contributed by atoms with van der Waals surface area (Å²) in [4.78, 5) is 30.1. The van der Waals surface area contributed by atoms with Gasteiger partial charge in [-0.05, 0) is 68.5 Å². The molecule has 1 aromatic heterocycles. The van der Waals surface area contributed by atoms with Gasteiger partial charge in [0.1, 0.15) is 23.1 Å². The second-order valence-corrected chi connectivity index (χ2v) is 10.3. The van der Waals surface area contributed by atoms with Gasteiger partial charge in [-0.25, -0.2) is 13.8 Å². The maximum absolute atomic E-state index is 13.6. The number of halogens is 3. The fourth-order valence-corrected chi connectivity index (χ4v) is 5.48. The zero-order chi connectivity index (χ0) is 26.9. The maximum Gasteiger partial charge on any atom is 0.270 e. The van der Waals surface area contributed by atoms with Gasteiger partial charge in [-0.2, -0.15) is 0 Å². The molecular formula is C28H26ClF2N3O4. The quantitative estimate of drug-likeness (QED) is 0.411. The molecule has 0 radical (unpaired) electrons. The summed E-state index contributed by atoms with van der Waals surface area (Å²) in [6.07, 6.45) is 1.44. The Balaban J connectivity index is 1.20. The Hall–Kier alpha value is -3.56. The predicted octanol–water partition coefficient (Wildman–Crippen LogP) is 4.42. The molecular weight excluding hydrogens is 516 g/mol. The lowest BCUT2D eigenvalue weighted by Crippen LogP contribution is -2.70. The second-order valence-electron chi connectivity index (χ2n) is 9.94. The molecule has 1 atom stereocenters. The average Bonchev–Trinajstić information content (AvgIpc) is 2.90. The summed E-state index contributed by atoms with van der Waals surface area (Å²) >= 11 is 5.67. The number of rotatable bonds is 7. The number of carbonyl (C=O) groups is 2. The molecule has 3 fully saturated rings. The summed E-state index contributed by atoms with van der Waals surface area (Å²) in [5.74, 6) is -1.68. The molecule has 198 valence electrons. The van der Waals surface area contributed by atoms with Gasteiger partial charge in [-0.15, -0.1) is 0 Å². The molecule has 10 heteroatoms. The topological polar surface area (TPSA) is 101 Å². The number of amides is 2. The highest BCUT2D eigenvalue weighted by Gasteiger charge is 2.55. The van der Waals surface area contributed by atoms with Gasteiger partial charge in [0.15, 0.2) is 6.61 Å². The van der Waals surface area contributed by atoms with Crippen molar-refractivity contribution >= 4 is 23.4 Å². The summed E-state index contributed by atoms with van der Waals surface area (Å²) in [7, 11) is 0. The van der Waals surface area contributed by atoms with E-state index >= 15 is 0 Å². The number of hydrogen-bond donors (Lipinski definition) is 3. The van der Waals surface area contributed by atoms with E-state index in [4.69, 9.17) is 16.3 Å². The molecule has 2 amide bonds. The van der Waals surface area contributed by atoms with Crippen molar-refractivity contribution in [2.24, 2.45) is 0 Å². The van der Waals surface area contributed by atoms with Crippen LogP contribution < -0.4 is 15.4 Å². The lowest BCUT2D eigenvalue weighted by molar-refractivity contribution is -0.132. The molecule has 0 spiro atoms. The van der Waals surface area contributed by atoms with E-state index in [9.17, 15) is 23.5 Å². The Morgan fingerprint density at radius 1 is 1.03 bits per heavy atom. The molecule has 3 N–H and O–H groups in total. The number of fused-ring (bicyclic) bond motifs is 3. The van der Waals surface area contributed by atoms with Crippen molar-refractivity contribution in [3.05, 3.63) is 83.0 Å². The van der Waals surface area contributed by atoms with Crippen molar-refractivity contribution in [2.75, 3.05) is 6.61 Å². The minimum absolute atomic E-state index is 0.0427. The Morgan fingerprint density at radius 3 is 2.50 bits per heavy atom. The molecule has 6 rings (SSSR count). The number of nitrogens with zero attached hydrogens (tertiary/aromatic N) is 1. The molecule has 2 aromatic carbocycles. The van der Waals surface area contributed by atoms with E-state index in [2.05, 4.69) is 15.6 Å². The summed E-state index contributed by atoms with van der Waals surface area (Å²) in [5.41, 5.74) is -0.214. The number of aliphatic hydroxyl groups is 1. The normalized spacial score (nSPS) is 24.1. The molecule has 0 aliphatic heterocycles. The van der Waals surface area contributed by atoms with E-state index in [0.29, 0.717) is 36.9 Å². The third kappa shape index (κ3) is 5.35. The first-order chi connectivity index (χ1) is 18.2. The van der Waals surface area contributed by atoms with Crippen molar-refractivity contribution in [3.63, 3.8) is 0 Å². The number of carbonyl (C=O) groups excluding carboxylic acids is 2. The van der Waals surface area contributed by atoms with Crippen LogP contribution in [-0.2, 0) is 4.79 Å². The van der Waals surface area contributed by atoms with Gasteiger partial charge in [0.25, 0.3) is 11.8 Å². The van der Waals surface area contributed by atoms with E-state index in [0.717, 1.165) is 6.07 Å². The first-order valence-electron chi connectivity index (χ1n) is 12.3. The molecule has 1 unspecified atom stereocenters. The Bertz CT molecular complexity index is 1380. The van der Waals surface area contributed by atoms with Crippen molar-refractivity contribution in [2.45, 2.75) is 49.3 Å². The highest BCUT2D eigenvalue weighted by atomic mass is 35.5. The molecule has 3 saturated carbocycles. The smallest absolute Gasteiger partial charge is 0.270 e. The van der Waals surface area contributed by atoms with Gasteiger partial charge in [-0.1, -0.05) is 29.8 Å². The van der Waals surface area contributed by atoms with E-state index < -0.39 is 34.7 Å². The van der Waals surface area contributed by atoms with Crippen LogP contribution in [0.25, 0.3) is 11.3 Å². The molecule has 0 saturated heterocycles. The van der Waals surface area contributed by atoms with Crippen LogP contribution in [0.3, 0.4) is 0 Å². The standard InChI is InChI=1S/C28H26ClF2N3O4/c29-20-8-7-19(14-21(20)31)38-16-25(36)33-28-11-9-27(10-12-28,15-24(28)35)34-26(37)23-6-2-5-22(32-23)17-3-1-4-18(30)13-17/h1-8,13-14,24,35H,9-12,15-16H2,(H,33,36)(H,34,37). The third-order valence-electron chi connectivity index (χ3n) is 7.45. The van der Waals surface area contributed by atoms with E-state index in [1.54, 1.807) is 30.3 Å². The van der Waals surface area contributed by atoms with Crippen molar-refractivity contribution < 1.29 is 28.2 Å². The van der Waals surface area contributed by atoms with E-state index in [1.165, 1.54) is 24.3 Å². The molecule has 7 nitrogen and oxygen atoms in total. The Kier molecular flexibility index (Phi) is 7.07.